The molecule has 1 aliphatic carbocycles. The molecule has 2 heterocycles. The quantitative estimate of drug-likeness (QED) is 0.290. The molecule has 188 valence electrons. The van der Waals surface area contributed by atoms with Crippen molar-refractivity contribution < 1.29 is 24.2 Å². The maximum absolute atomic E-state index is 13.4. The molecule has 7 heteroatoms. The van der Waals surface area contributed by atoms with E-state index in [1.165, 1.54) is 13.8 Å². The molecule has 0 radical (unpaired) electrons. The van der Waals surface area contributed by atoms with Gasteiger partial charge in [0.15, 0.2) is 11.4 Å². The second-order valence-corrected chi connectivity index (χ2v) is 10.3. The van der Waals surface area contributed by atoms with Crippen LogP contribution in [0.2, 0.25) is 0 Å². The molecular formula is C28H34ClNO5. The highest BCUT2D eigenvalue weighted by molar-refractivity contribution is 6.46. The molecule has 0 bridgehead atoms. The van der Waals surface area contributed by atoms with E-state index in [4.69, 9.17) is 16.3 Å². The maximum atomic E-state index is 13.4. The van der Waals surface area contributed by atoms with Gasteiger partial charge in [0.1, 0.15) is 5.57 Å². The topological polar surface area (TPSA) is 83.9 Å². The van der Waals surface area contributed by atoms with Gasteiger partial charge >= 0.3 is 5.97 Å². The van der Waals surface area contributed by atoms with Gasteiger partial charge in [-0.15, -0.1) is 0 Å². The summed E-state index contributed by atoms with van der Waals surface area (Å²) in [4.78, 5) is 41.6. The Morgan fingerprint density at radius 1 is 1.26 bits per heavy atom. The predicted molar refractivity (Wildman–Crippen MR) is 136 cm³/mol. The lowest BCUT2D eigenvalue weighted by molar-refractivity contribution is -0.153. The highest BCUT2D eigenvalue weighted by atomic mass is 35.5. The third-order valence-corrected chi connectivity index (χ3v) is 7.26. The Bertz CT molecular complexity index is 1150. The van der Waals surface area contributed by atoms with Crippen LogP contribution < -0.4 is 0 Å². The summed E-state index contributed by atoms with van der Waals surface area (Å²) in [5.41, 5.74) is 1.25. The fourth-order valence-corrected chi connectivity index (χ4v) is 4.49. The Balaban J connectivity index is 2.27. The first-order valence-corrected chi connectivity index (χ1v) is 12.4. The molecule has 1 N–H and O–H groups in total. The number of fused-ring (bicyclic) bond motifs is 3. The molecule has 0 aromatic carbocycles. The van der Waals surface area contributed by atoms with Crippen LogP contribution in [0.4, 0.5) is 0 Å². The summed E-state index contributed by atoms with van der Waals surface area (Å²) >= 11 is 6.57. The minimum Gasteiger partial charge on any atom is -0.442 e. The monoisotopic (exact) mass is 499 g/mol. The second-order valence-electron chi connectivity index (χ2n) is 9.91. The Morgan fingerprint density at radius 3 is 2.49 bits per heavy atom. The summed E-state index contributed by atoms with van der Waals surface area (Å²) in [6.07, 6.45) is 9.83. The molecule has 6 nitrogen and oxygen atoms in total. The molecule has 0 aromatic heterocycles. The fourth-order valence-electron chi connectivity index (χ4n) is 4.15. The largest absolute Gasteiger partial charge is 0.442 e. The number of halogens is 1. The summed E-state index contributed by atoms with van der Waals surface area (Å²) < 4.78 is 5.51. The van der Waals surface area contributed by atoms with E-state index in [1.807, 2.05) is 37.1 Å². The fraction of sp³-hybridized carbons (Fsp3) is 0.464. The van der Waals surface area contributed by atoms with E-state index in [1.54, 1.807) is 6.92 Å². The lowest BCUT2D eigenvalue weighted by Gasteiger charge is -2.36. The van der Waals surface area contributed by atoms with Crippen molar-refractivity contribution in [3.8, 4) is 0 Å². The summed E-state index contributed by atoms with van der Waals surface area (Å²) in [5, 5.41) is 9.97. The number of carbonyl (C=O) groups excluding carboxylic acids is 3. The molecule has 4 atom stereocenters. The van der Waals surface area contributed by atoms with E-state index in [0.717, 1.165) is 17.7 Å². The number of ether oxygens (including phenoxy) is 1. The lowest BCUT2D eigenvalue weighted by Crippen LogP contribution is -2.43. The minimum absolute atomic E-state index is 0.0381. The van der Waals surface area contributed by atoms with Crippen molar-refractivity contribution in [2.24, 2.45) is 11.8 Å². The number of hydrogen-bond donors (Lipinski definition) is 1. The molecule has 2 aliphatic heterocycles. The first-order valence-electron chi connectivity index (χ1n) is 12.0. The molecule has 0 aromatic rings. The maximum Gasteiger partial charge on any atom is 0.343 e. The number of carbonyl (C=O) groups is 3. The normalized spacial score (nSPS) is 24.5. The average molecular weight is 500 g/mol. The van der Waals surface area contributed by atoms with Crippen molar-refractivity contribution in [1.29, 1.82) is 0 Å². The third-order valence-electron chi connectivity index (χ3n) is 6.88. The number of allylic oxidation sites excluding steroid dienone is 5. The molecule has 0 spiro atoms. The van der Waals surface area contributed by atoms with Crippen molar-refractivity contribution in [3.63, 3.8) is 0 Å². The van der Waals surface area contributed by atoms with Gasteiger partial charge in [0.05, 0.1) is 11.1 Å². The number of rotatable bonds is 8. The van der Waals surface area contributed by atoms with Crippen molar-refractivity contribution in [3.05, 3.63) is 69.1 Å². The van der Waals surface area contributed by atoms with Crippen LogP contribution in [0.5, 0.6) is 0 Å². The molecule has 3 rings (SSSR count). The molecule has 0 amide bonds. The van der Waals surface area contributed by atoms with Crippen LogP contribution in [0.3, 0.4) is 0 Å². The zero-order valence-corrected chi connectivity index (χ0v) is 22.2. The van der Waals surface area contributed by atoms with E-state index in [2.05, 4.69) is 26.0 Å². The van der Waals surface area contributed by atoms with E-state index in [0.29, 0.717) is 23.6 Å². The number of Topliss-reactive ketones (excluding diaryl/α,β-unsaturated/α-hetero) is 2. The van der Waals surface area contributed by atoms with Gasteiger partial charge in [-0.3, -0.25) is 9.59 Å². The van der Waals surface area contributed by atoms with Crippen molar-refractivity contribution in [2.45, 2.75) is 66.6 Å². The highest BCUT2D eigenvalue weighted by Crippen LogP contribution is 2.50. The standard InChI is InChI=1S/C28H34ClNO5/c1-8-16(4)9-10-19-13-20-21(14-30(19)12-11-15(2)3)23-22(25(32)17(5)18(6)31)27(34)35-28(23,7)26(33)24(20)29/h9-11,13-14,16-18,31H,8,12H2,1-7H3/b10-9+/t16-,17+,18+,28-/m0/s1. The molecule has 0 unspecified atom stereocenters. The van der Waals surface area contributed by atoms with E-state index < -0.39 is 35.2 Å². The summed E-state index contributed by atoms with van der Waals surface area (Å²) in [6.45, 7) is 13.3. The van der Waals surface area contributed by atoms with Gasteiger partial charge in [-0.2, -0.15) is 0 Å². The van der Waals surface area contributed by atoms with Crippen molar-refractivity contribution >= 4 is 29.1 Å². The van der Waals surface area contributed by atoms with Crippen LogP contribution >= 0.6 is 11.6 Å². The molecule has 3 aliphatic rings. The second kappa shape index (κ2) is 10.1. The molecule has 0 fully saturated rings. The number of aliphatic hydroxyl groups excluding tert-OH is 1. The van der Waals surface area contributed by atoms with Crippen LogP contribution in [0, 0.1) is 11.8 Å². The number of hydrogen-bond acceptors (Lipinski definition) is 6. The molecule has 0 saturated carbocycles. The third kappa shape index (κ3) is 4.87. The zero-order valence-electron chi connectivity index (χ0n) is 21.4. The van der Waals surface area contributed by atoms with Gasteiger partial charge in [0, 0.05) is 41.1 Å². The summed E-state index contributed by atoms with van der Waals surface area (Å²) in [7, 11) is 0. The van der Waals surface area contributed by atoms with E-state index in [9.17, 15) is 19.5 Å². The van der Waals surface area contributed by atoms with E-state index >= 15 is 0 Å². The predicted octanol–water partition coefficient (Wildman–Crippen LogP) is 4.91. The number of aliphatic hydroxyl groups is 1. The van der Waals surface area contributed by atoms with Gasteiger partial charge in [-0.05, 0) is 45.8 Å². The van der Waals surface area contributed by atoms with E-state index in [-0.39, 0.29) is 16.2 Å². The van der Waals surface area contributed by atoms with Crippen molar-refractivity contribution in [1.82, 2.24) is 4.90 Å². The Hall–Kier alpha value is -2.70. The first-order chi connectivity index (χ1) is 16.3. The van der Waals surface area contributed by atoms with Gasteiger partial charge in [-0.1, -0.05) is 56.5 Å². The average Bonchev–Trinajstić information content (AvgIpc) is 3.09. The van der Waals surface area contributed by atoms with Gasteiger partial charge in [-0.25, -0.2) is 4.79 Å². The van der Waals surface area contributed by atoms with Gasteiger partial charge in [0.25, 0.3) is 0 Å². The Kier molecular flexibility index (Phi) is 7.77. The highest BCUT2D eigenvalue weighted by Gasteiger charge is 2.57. The number of ketones is 2. The Morgan fingerprint density at radius 2 is 1.91 bits per heavy atom. The van der Waals surface area contributed by atoms with Crippen molar-refractivity contribution in [2.75, 3.05) is 6.54 Å². The molecular weight excluding hydrogens is 466 g/mol. The number of nitrogens with zero attached hydrogens (tertiary/aromatic N) is 1. The zero-order chi connectivity index (χ0) is 26.2. The molecule has 0 saturated heterocycles. The van der Waals surface area contributed by atoms with Crippen LogP contribution in [-0.2, 0) is 19.1 Å². The lowest BCUT2D eigenvalue weighted by atomic mass is 9.74. The van der Waals surface area contributed by atoms with Gasteiger partial charge in [0.2, 0.25) is 5.78 Å². The first kappa shape index (κ1) is 26.9. The van der Waals surface area contributed by atoms with Crippen LogP contribution in [-0.4, -0.2) is 45.8 Å². The summed E-state index contributed by atoms with van der Waals surface area (Å²) in [6, 6.07) is 0. The van der Waals surface area contributed by atoms with Crippen LogP contribution in [0.25, 0.3) is 0 Å². The SMILES string of the molecule is CC[C@H](C)/C=C/C1=CC2=C(Cl)C(=O)[C@@]3(C)OC(=O)C(C(=O)[C@H](C)[C@@H](C)O)=C3C2=CN1CC=C(C)C. The summed E-state index contributed by atoms with van der Waals surface area (Å²) in [5.74, 6) is -2.48. The van der Waals surface area contributed by atoms with Crippen LogP contribution in [0.15, 0.2) is 69.1 Å². The number of esters is 1. The Labute approximate surface area is 212 Å². The minimum atomic E-state index is -1.70. The smallest absolute Gasteiger partial charge is 0.343 e. The van der Waals surface area contributed by atoms with Gasteiger partial charge < -0.3 is 14.7 Å². The van der Waals surface area contributed by atoms with Crippen LogP contribution in [0.1, 0.15) is 54.9 Å². The molecule has 35 heavy (non-hydrogen) atoms.